The van der Waals surface area contributed by atoms with Gasteiger partial charge >= 0.3 is 0 Å². The molecule has 0 atom stereocenters. The minimum Gasteiger partial charge on any atom is -0.481 e. The zero-order chi connectivity index (χ0) is 16.2. The predicted octanol–water partition coefficient (Wildman–Crippen LogP) is 3.77. The van der Waals surface area contributed by atoms with E-state index in [0.29, 0.717) is 17.1 Å². The van der Waals surface area contributed by atoms with E-state index < -0.39 is 0 Å². The van der Waals surface area contributed by atoms with Gasteiger partial charge in [0, 0.05) is 28.9 Å². The number of aromatic nitrogens is 2. The molecule has 0 radical (unpaired) electrons. The van der Waals surface area contributed by atoms with Crippen molar-refractivity contribution in [1.29, 1.82) is 0 Å². The number of nitrogens with zero attached hydrogens (tertiary/aromatic N) is 2. The Hall–Kier alpha value is -2.73. The third-order valence-corrected chi connectivity index (χ3v) is 4.02. The fourth-order valence-corrected chi connectivity index (χ4v) is 2.71. The van der Waals surface area contributed by atoms with Crippen LogP contribution >= 0.6 is 11.3 Å². The third-order valence-electron chi connectivity index (χ3n) is 3.24. The van der Waals surface area contributed by atoms with Gasteiger partial charge in [0.1, 0.15) is 0 Å². The van der Waals surface area contributed by atoms with Gasteiger partial charge in [-0.3, -0.25) is 4.79 Å². The van der Waals surface area contributed by atoms with Gasteiger partial charge in [-0.25, -0.2) is 9.97 Å². The van der Waals surface area contributed by atoms with Crippen LogP contribution in [0.3, 0.4) is 0 Å². The van der Waals surface area contributed by atoms with Crippen molar-refractivity contribution < 1.29 is 9.53 Å². The Labute approximate surface area is 138 Å². The molecule has 1 amide bonds. The summed E-state index contributed by atoms with van der Waals surface area (Å²) in [6, 6.07) is 10.9. The predicted molar refractivity (Wildman–Crippen MR) is 91.0 cm³/mol. The summed E-state index contributed by atoms with van der Waals surface area (Å²) in [7, 11) is 1.54. The third kappa shape index (κ3) is 3.54. The van der Waals surface area contributed by atoms with E-state index in [0.717, 1.165) is 16.3 Å². The number of aryl methyl sites for hydroxylation is 1. The second kappa shape index (κ2) is 6.58. The molecule has 0 spiro atoms. The molecule has 3 aromatic rings. The average Bonchev–Trinajstić information content (AvgIpc) is 3.02. The molecule has 0 unspecified atom stereocenters. The standard InChI is InChI=1S/C17H15N3O2S/c1-11-19-15(10-23-11)12-4-3-5-14(8-12)20-17(21)13-6-7-16(22-2)18-9-13/h3-10H,1-2H3,(H,20,21). The normalized spacial score (nSPS) is 10.3. The molecule has 2 aromatic heterocycles. The highest BCUT2D eigenvalue weighted by molar-refractivity contribution is 7.09. The highest BCUT2D eigenvalue weighted by Gasteiger charge is 2.08. The van der Waals surface area contributed by atoms with Crippen LogP contribution in [0.5, 0.6) is 5.88 Å². The fraction of sp³-hybridized carbons (Fsp3) is 0.118. The van der Waals surface area contributed by atoms with Crippen molar-refractivity contribution in [3.05, 3.63) is 58.5 Å². The summed E-state index contributed by atoms with van der Waals surface area (Å²) in [5, 5.41) is 5.88. The molecule has 23 heavy (non-hydrogen) atoms. The van der Waals surface area contributed by atoms with Crippen molar-refractivity contribution in [2.45, 2.75) is 6.92 Å². The lowest BCUT2D eigenvalue weighted by Gasteiger charge is -2.07. The van der Waals surface area contributed by atoms with Crippen LogP contribution < -0.4 is 10.1 Å². The number of benzene rings is 1. The summed E-state index contributed by atoms with van der Waals surface area (Å²) in [6.45, 7) is 1.97. The first kappa shape index (κ1) is 15.2. The first-order chi connectivity index (χ1) is 11.2. The molecule has 0 saturated carbocycles. The van der Waals surface area contributed by atoms with E-state index >= 15 is 0 Å². The number of amides is 1. The number of pyridine rings is 1. The number of carbonyl (C=O) groups excluding carboxylic acids is 1. The van der Waals surface area contributed by atoms with Gasteiger partial charge in [-0.05, 0) is 25.1 Å². The van der Waals surface area contributed by atoms with Gasteiger partial charge in [-0.1, -0.05) is 12.1 Å². The number of carbonyl (C=O) groups is 1. The number of methoxy groups -OCH3 is 1. The lowest BCUT2D eigenvalue weighted by molar-refractivity contribution is 0.102. The maximum Gasteiger partial charge on any atom is 0.257 e. The Morgan fingerprint density at radius 1 is 1.26 bits per heavy atom. The Bertz CT molecular complexity index is 828. The van der Waals surface area contributed by atoms with Crippen LogP contribution in [0.1, 0.15) is 15.4 Å². The molecule has 3 rings (SSSR count). The lowest BCUT2D eigenvalue weighted by atomic mass is 10.1. The van der Waals surface area contributed by atoms with Crippen molar-refractivity contribution in [3.8, 4) is 17.1 Å². The Balaban J connectivity index is 1.78. The van der Waals surface area contributed by atoms with Crippen LogP contribution in [-0.4, -0.2) is 23.0 Å². The molecule has 2 heterocycles. The number of rotatable bonds is 4. The van der Waals surface area contributed by atoms with Crippen LogP contribution in [0.4, 0.5) is 5.69 Å². The number of ether oxygens (including phenoxy) is 1. The van der Waals surface area contributed by atoms with E-state index in [-0.39, 0.29) is 5.91 Å². The largest absolute Gasteiger partial charge is 0.481 e. The highest BCUT2D eigenvalue weighted by Crippen LogP contribution is 2.24. The van der Waals surface area contributed by atoms with E-state index in [4.69, 9.17) is 4.74 Å². The second-order valence-corrected chi connectivity index (χ2v) is 5.94. The van der Waals surface area contributed by atoms with Gasteiger partial charge in [0.25, 0.3) is 5.91 Å². The van der Waals surface area contributed by atoms with Gasteiger partial charge < -0.3 is 10.1 Å². The molecule has 0 saturated heterocycles. The molecule has 0 fully saturated rings. The minimum absolute atomic E-state index is 0.216. The zero-order valence-corrected chi connectivity index (χ0v) is 13.6. The molecular formula is C17H15N3O2S. The molecule has 116 valence electrons. The van der Waals surface area contributed by atoms with Crippen LogP contribution in [0.2, 0.25) is 0 Å². The topological polar surface area (TPSA) is 64.1 Å². The van der Waals surface area contributed by atoms with Gasteiger partial charge in [-0.15, -0.1) is 11.3 Å². The quantitative estimate of drug-likeness (QED) is 0.793. The Kier molecular flexibility index (Phi) is 4.34. The average molecular weight is 325 g/mol. The Morgan fingerprint density at radius 2 is 2.13 bits per heavy atom. The van der Waals surface area contributed by atoms with Gasteiger partial charge in [0.05, 0.1) is 23.4 Å². The highest BCUT2D eigenvalue weighted by atomic mass is 32.1. The summed E-state index contributed by atoms with van der Waals surface area (Å²) in [5.41, 5.74) is 3.07. The SMILES string of the molecule is COc1ccc(C(=O)Nc2cccc(-c3csc(C)n3)c2)cn1. The maximum atomic E-state index is 12.3. The van der Waals surface area contributed by atoms with E-state index in [9.17, 15) is 4.79 Å². The fourth-order valence-electron chi connectivity index (χ4n) is 2.09. The van der Waals surface area contributed by atoms with Crippen LogP contribution in [0, 0.1) is 6.92 Å². The lowest BCUT2D eigenvalue weighted by Crippen LogP contribution is -2.12. The molecule has 0 bridgehead atoms. The number of thiazole rings is 1. The summed E-state index contributed by atoms with van der Waals surface area (Å²) in [6.07, 6.45) is 1.49. The molecule has 6 heteroatoms. The summed E-state index contributed by atoms with van der Waals surface area (Å²) in [5.74, 6) is 0.259. The van der Waals surface area contributed by atoms with E-state index in [1.54, 1.807) is 23.5 Å². The maximum absolute atomic E-state index is 12.3. The van der Waals surface area contributed by atoms with Crippen LogP contribution in [0.15, 0.2) is 48.0 Å². The second-order valence-electron chi connectivity index (χ2n) is 4.88. The van der Waals surface area contributed by atoms with Crippen molar-refractivity contribution in [2.24, 2.45) is 0 Å². The van der Waals surface area contributed by atoms with Gasteiger partial charge in [0.2, 0.25) is 5.88 Å². The van der Waals surface area contributed by atoms with Crippen LogP contribution in [-0.2, 0) is 0 Å². The summed E-state index contributed by atoms with van der Waals surface area (Å²) in [4.78, 5) is 20.8. The molecular weight excluding hydrogens is 310 g/mol. The molecule has 5 nitrogen and oxygen atoms in total. The van der Waals surface area contributed by atoms with Crippen molar-refractivity contribution in [3.63, 3.8) is 0 Å². The van der Waals surface area contributed by atoms with Gasteiger partial charge in [0.15, 0.2) is 0 Å². The molecule has 0 aliphatic carbocycles. The number of hydrogen-bond acceptors (Lipinski definition) is 5. The first-order valence-electron chi connectivity index (χ1n) is 6.99. The van der Waals surface area contributed by atoms with Crippen LogP contribution in [0.25, 0.3) is 11.3 Å². The molecule has 1 aromatic carbocycles. The zero-order valence-electron chi connectivity index (χ0n) is 12.7. The Morgan fingerprint density at radius 3 is 2.78 bits per heavy atom. The first-order valence-corrected chi connectivity index (χ1v) is 7.87. The van der Waals surface area contributed by atoms with E-state index in [1.807, 2.05) is 36.6 Å². The van der Waals surface area contributed by atoms with Gasteiger partial charge in [-0.2, -0.15) is 0 Å². The number of nitrogens with one attached hydrogen (secondary N) is 1. The summed E-state index contributed by atoms with van der Waals surface area (Å²) < 4.78 is 4.99. The molecule has 0 aliphatic rings. The minimum atomic E-state index is -0.216. The van der Waals surface area contributed by atoms with Crippen molar-refractivity contribution in [1.82, 2.24) is 9.97 Å². The smallest absolute Gasteiger partial charge is 0.257 e. The van der Waals surface area contributed by atoms with E-state index in [2.05, 4.69) is 15.3 Å². The molecule has 1 N–H and O–H groups in total. The summed E-state index contributed by atoms with van der Waals surface area (Å²) >= 11 is 1.60. The number of hydrogen-bond donors (Lipinski definition) is 1. The molecule has 0 aliphatic heterocycles. The van der Waals surface area contributed by atoms with E-state index in [1.165, 1.54) is 13.3 Å². The number of anilines is 1. The monoisotopic (exact) mass is 325 g/mol. The van der Waals surface area contributed by atoms with Crippen molar-refractivity contribution >= 4 is 22.9 Å². The van der Waals surface area contributed by atoms with Crippen molar-refractivity contribution in [2.75, 3.05) is 12.4 Å².